The second-order valence-corrected chi connectivity index (χ2v) is 7.56. The normalized spacial score (nSPS) is 16.3. The van der Waals surface area contributed by atoms with Crippen molar-refractivity contribution < 1.29 is 0 Å². The molecule has 2 aromatic rings. The molecule has 6 nitrogen and oxygen atoms in total. The third kappa shape index (κ3) is 5.68. The summed E-state index contributed by atoms with van der Waals surface area (Å²) in [5, 5.41) is 11.1. The summed E-state index contributed by atoms with van der Waals surface area (Å²) in [6.45, 7) is 6.53. The van der Waals surface area contributed by atoms with Gasteiger partial charge >= 0.3 is 0 Å². The minimum Gasteiger partial charge on any atom is -0.357 e. The van der Waals surface area contributed by atoms with E-state index >= 15 is 0 Å². The Bertz CT molecular complexity index is 764. The van der Waals surface area contributed by atoms with Crippen molar-refractivity contribution in [3.05, 3.63) is 47.5 Å². The zero-order valence-electron chi connectivity index (χ0n) is 17.2. The molecule has 154 valence electrons. The lowest BCUT2D eigenvalue weighted by Gasteiger charge is -2.38. The molecular weight excluding hydrogens is 463 g/mol. The zero-order chi connectivity index (χ0) is 19.1. The smallest absolute Gasteiger partial charge is 0.191 e. The zero-order valence-corrected chi connectivity index (χ0v) is 19.6. The Hall–Kier alpha value is -1.64. The van der Waals surface area contributed by atoms with Crippen LogP contribution in [-0.2, 0) is 19.0 Å². The molecule has 7 heteroatoms. The lowest BCUT2D eigenvalue weighted by atomic mass is 9.69. The van der Waals surface area contributed by atoms with Gasteiger partial charge in [-0.25, -0.2) is 9.98 Å². The monoisotopic (exact) mass is 496 g/mol. The molecule has 0 amide bonds. The van der Waals surface area contributed by atoms with Gasteiger partial charge in [-0.15, -0.1) is 24.0 Å². The van der Waals surface area contributed by atoms with Crippen LogP contribution in [0.15, 0.2) is 35.6 Å². The number of benzene rings is 1. The second-order valence-electron chi connectivity index (χ2n) is 7.56. The summed E-state index contributed by atoms with van der Waals surface area (Å²) < 4.78 is 1.77. The van der Waals surface area contributed by atoms with Gasteiger partial charge in [-0.3, -0.25) is 4.68 Å². The highest BCUT2D eigenvalue weighted by atomic mass is 127. The fourth-order valence-electron chi connectivity index (χ4n) is 3.98. The SMILES string of the molecule is CCNC(=NCc1ncnn1C)NCC1(c2cccc(C)c2)CCCCC1.I. The summed E-state index contributed by atoms with van der Waals surface area (Å²) in [4.78, 5) is 8.97. The summed E-state index contributed by atoms with van der Waals surface area (Å²) in [7, 11) is 1.90. The van der Waals surface area contributed by atoms with Crippen LogP contribution in [0, 0.1) is 6.92 Å². The van der Waals surface area contributed by atoms with E-state index in [1.807, 2.05) is 7.05 Å². The number of rotatable bonds is 6. The van der Waals surface area contributed by atoms with Crippen molar-refractivity contribution in [1.82, 2.24) is 25.4 Å². The Balaban J connectivity index is 0.00000280. The number of nitrogens with one attached hydrogen (secondary N) is 2. The summed E-state index contributed by atoms with van der Waals surface area (Å²) >= 11 is 0. The molecule has 1 fully saturated rings. The summed E-state index contributed by atoms with van der Waals surface area (Å²) in [5.74, 6) is 1.70. The molecule has 2 N–H and O–H groups in total. The van der Waals surface area contributed by atoms with Gasteiger partial charge in [0.2, 0.25) is 0 Å². The quantitative estimate of drug-likeness (QED) is 0.364. The number of guanidine groups is 1. The number of nitrogens with zero attached hydrogens (tertiary/aromatic N) is 4. The Kier molecular flexibility index (Phi) is 8.72. The molecule has 0 atom stereocenters. The van der Waals surface area contributed by atoms with Gasteiger partial charge in [0.25, 0.3) is 0 Å². The van der Waals surface area contributed by atoms with E-state index in [-0.39, 0.29) is 29.4 Å². The molecule has 1 aliphatic carbocycles. The fraction of sp³-hybridized carbons (Fsp3) is 0.571. The molecule has 0 spiro atoms. The van der Waals surface area contributed by atoms with E-state index in [2.05, 4.69) is 58.8 Å². The van der Waals surface area contributed by atoms with Crippen molar-refractivity contribution in [3.8, 4) is 0 Å². The van der Waals surface area contributed by atoms with E-state index in [4.69, 9.17) is 4.99 Å². The minimum atomic E-state index is 0. The van der Waals surface area contributed by atoms with Crippen LogP contribution in [0.25, 0.3) is 0 Å². The number of aromatic nitrogens is 3. The van der Waals surface area contributed by atoms with Crippen LogP contribution in [0.1, 0.15) is 56.0 Å². The molecule has 1 saturated carbocycles. The first kappa shape index (κ1) is 22.6. The molecule has 1 aliphatic rings. The van der Waals surface area contributed by atoms with Crippen LogP contribution >= 0.6 is 24.0 Å². The average molecular weight is 496 g/mol. The van der Waals surface area contributed by atoms with Gasteiger partial charge in [0, 0.05) is 25.6 Å². The summed E-state index contributed by atoms with van der Waals surface area (Å²) in [6.07, 6.45) is 7.95. The van der Waals surface area contributed by atoms with Crippen molar-refractivity contribution in [2.24, 2.45) is 12.0 Å². The molecule has 0 radical (unpaired) electrons. The van der Waals surface area contributed by atoms with Crippen LogP contribution in [0.3, 0.4) is 0 Å². The number of hydrogen-bond acceptors (Lipinski definition) is 3. The first-order chi connectivity index (χ1) is 13.1. The Morgan fingerprint density at radius 2 is 2.00 bits per heavy atom. The van der Waals surface area contributed by atoms with Crippen molar-refractivity contribution >= 4 is 29.9 Å². The fourth-order valence-corrected chi connectivity index (χ4v) is 3.98. The van der Waals surface area contributed by atoms with Crippen molar-refractivity contribution in [1.29, 1.82) is 0 Å². The average Bonchev–Trinajstić information content (AvgIpc) is 3.09. The van der Waals surface area contributed by atoms with Crippen molar-refractivity contribution in [2.75, 3.05) is 13.1 Å². The summed E-state index contributed by atoms with van der Waals surface area (Å²) in [6, 6.07) is 9.02. The number of aliphatic imine (C=N–C) groups is 1. The maximum Gasteiger partial charge on any atom is 0.191 e. The molecule has 1 heterocycles. The van der Waals surface area contributed by atoms with E-state index < -0.39 is 0 Å². The highest BCUT2D eigenvalue weighted by molar-refractivity contribution is 14.0. The first-order valence-electron chi connectivity index (χ1n) is 10.1. The maximum absolute atomic E-state index is 4.71. The van der Waals surface area contributed by atoms with Crippen LogP contribution in [0.2, 0.25) is 0 Å². The van der Waals surface area contributed by atoms with Gasteiger partial charge < -0.3 is 10.6 Å². The van der Waals surface area contributed by atoms with Crippen LogP contribution in [0.4, 0.5) is 0 Å². The predicted octanol–water partition coefficient (Wildman–Crippen LogP) is 3.70. The van der Waals surface area contributed by atoms with Crippen LogP contribution in [0.5, 0.6) is 0 Å². The van der Waals surface area contributed by atoms with E-state index in [1.54, 1.807) is 11.0 Å². The van der Waals surface area contributed by atoms with Crippen molar-refractivity contribution in [2.45, 2.75) is 57.9 Å². The molecule has 3 rings (SSSR count). The van der Waals surface area contributed by atoms with Gasteiger partial charge in [-0.05, 0) is 32.3 Å². The molecule has 28 heavy (non-hydrogen) atoms. The van der Waals surface area contributed by atoms with Gasteiger partial charge in [0.15, 0.2) is 5.96 Å². The molecule has 0 saturated heterocycles. The first-order valence-corrected chi connectivity index (χ1v) is 10.1. The predicted molar refractivity (Wildman–Crippen MR) is 125 cm³/mol. The highest BCUT2D eigenvalue weighted by Crippen LogP contribution is 2.39. The molecule has 0 bridgehead atoms. The molecule has 1 aromatic carbocycles. The topological polar surface area (TPSA) is 67.1 Å². The second kappa shape index (κ2) is 10.8. The Morgan fingerprint density at radius 3 is 2.64 bits per heavy atom. The number of hydrogen-bond donors (Lipinski definition) is 2. The van der Waals surface area contributed by atoms with Crippen LogP contribution in [-0.4, -0.2) is 33.8 Å². The standard InChI is InChI=1S/C21H32N6.HI/c1-4-22-20(23-14-19-25-16-26-27(19)3)24-15-21(11-6-5-7-12-21)18-10-8-9-17(2)13-18;/h8-10,13,16H,4-7,11-12,14-15H2,1-3H3,(H2,22,23,24);1H. The number of aryl methyl sites for hydroxylation is 2. The van der Waals surface area contributed by atoms with Crippen molar-refractivity contribution in [3.63, 3.8) is 0 Å². The third-order valence-corrected chi connectivity index (χ3v) is 5.56. The number of halogens is 1. The van der Waals surface area contributed by atoms with Gasteiger partial charge in [0.05, 0.1) is 0 Å². The molecule has 1 aromatic heterocycles. The van der Waals surface area contributed by atoms with E-state index in [0.717, 1.165) is 24.9 Å². The lowest BCUT2D eigenvalue weighted by molar-refractivity contribution is 0.291. The largest absolute Gasteiger partial charge is 0.357 e. The minimum absolute atomic E-state index is 0. The van der Waals surface area contributed by atoms with Gasteiger partial charge in [0.1, 0.15) is 18.7 Å². The van der Waals surface area contributed by atoms with Gasteiger partial charge in [-0.2, -0.15) is 5.10 Å². The highest BCUT2D eigenvalue weighted by Gasteiger charge is 2.34. The molecular formula is C21H33IN6. The van der Waals surface area contributed by atoms with Crippen LogP contribution < -0.4 is 10.6 Å². The van der Waals surface area contributed by atoms with E-state index in [1.165, 1.54) is 43.2 Å². The maximum atomic E-state index is 4.71. The van der Waals surface area contributed by atoms with Gasteiger partial charge in [-0.1, -0.05) is 49.1 Å². The Labute approximate surface area is 185 Å². The third-order valence-electron chi connectivity index (χ3n) is 5.56. The Morgan fingerprint density at radius 1 is 1.21 bits per heavy atom. The van der Waals surface area contributed by atoms with E-state index in [9.17, 15) is 0 Å². The molecule has 0 unspecified atom stereocenters. The van der Waals surface area contributed by atoms with E-state index in [0.29, 0.717) is 6.54 Å². The summed E-state index contributed by atoms with van der Waals surface area (Å²) in [5.41, 5.74) is 2.98. The lowest BCUT2D eigenvalue weighted by Crippen LogP contribution is -2.46. The molecule has 0 aliphatic heterocycles.